The number of ether oxygens (including phenoxy) is 1. The van der Waals surface area contributed by atoms with E-state index in [4.69, 9.17) is 10.5 Å². The average molecular weight is 369 g/mol. The molecule has 7 heteroatoms. The van der Waals surface area contributed by atoms with Crippen molar-refractivity contribution in [3.63, 3.8) is 0 Å². The summed E-state index contributed by atoms with van der Waals surface area (Å²) in [4.78, 5) is 30.2. The number of nitrogens with zero attached hydrogens (tertiary/aromatic N) is 2. The van der Waals surface area contributed by atoms with E-state index >= 15 is 0 Å². The molecule has 1 fully saturated rings. The van der Waals surface area contributed by atoms with Gasteiger partial charge < -0.3 is 10.5 Å². The zero-order valence-corrected chi connectivity index (χ0v) is 15.1. The number of para-hydroxylation sites is 1. The zero-order chi connectivity index (χ0) is 18.5. The van der Waals surface area contributed by atoms with E-state index in [0.29, 0.717) is 11.7 Å². The molecule has 1 aliphatic heterocycles. The molecule has 1 aliphatic rings. The number of hydrogen-bond acceptors (Lipinski definition) is 5. The number of amidine groups is 1. The maximum absolute atomic E-state index is 12.8. The number of amides is 2. The lowest BCUT2D eigenvalue weighted by Crippen LogP contribution is -2.33. The van der Waals surface area contributed by atoms with Crippen molar-refractivity contribution >= 4 is 34.4 Å². The van der Waals surface area contributed by atoms with Crippen LogP contribution in [0.2, 0.25) is 0 Å². The van der Waals surface area contributed by atoms with Gasteiger partial charge in [-0.05, 0) is 29.8 Å². The van der Waals surface area contributed by atoms with Crippen LogP contribution in [0.15, 0.2) is 59.6 Å². The number of carbonyl (C=O) groups is 2. The minimum absolute atomic E-state index is 0.00355. The first-order chi connectivity index (χ1) is 12.6. The number of benzene rings is 2. The van der Waals surface area contributed by atoms with E-state index in [0.717, 1.165) is 17.0 Å². The molecule has 0 aromatic heterocycles. The molecule has 0 saturated carbocycles. The van der Waals surface area contributed by atoms with E-state index in [9.17, 15) is 9.59 Å². The molecule has 0 unspecified atom stereocenters. The number of thioether (sulfide) groups is 1. The average Bonchev–Trinajstić information content (AvgIpc) is 2.91. The molecular formula is C19H19N3O3S. The van der Waals surface area contributed by atoms with E-state index in [-0.39, 0.29) is 12.3 Å². The van der Waals surface area contributed by atoms with E-state index in [1.165, 1.54) is 11.8 Å². The maximum Gasteiger partial charge on any atom is 0.242 e. The second kappa shape index (κ2) is 8.05. The van der Waals surface area contributed by atoms with Crippen molar-refractivity contribution in [2.75, 3.05) is 7.11 Å². The van der Waals surface area contributed by atoms with E-state index in [1.54, 1.807) is 12.0 Å². The third-order valence-electron chi connectivity index (χ3n) is 3.89. The Balaban J connectivity index is 1.87. The van der Waals surface area contributed by atoms with Crippen molar-refractivity contribution in [2.45, 2.75) is 18.2 Å². The number of carbonyl (C=O) groups excluding carboxylic acids is 2. The summed E-state index contributed by atoms with van der Waals surface area (Å²) in [6, 6.07) is 16.9. The van der Waals surface area contributed by atoms with Crippen LogP contribution in [-0.4, -0.2) is 34.2 Å². The van der Waals surface area contributed by atoms with Gasteiger partial charge in [0, 0.05) is 6.42 Å². The Morgan fingerprint density at radius 3 is 2.50 bits per heavy atom. The molecule has 1 heterocycles. The highest BCUT2D eigenvalue weighted by Gasteiger charge is 2.38. The largest absolute Gasteiger partial charge is 0.497 e. The third kappa shape index (κ3) is 4.23. The molecular weight excluding hydrogens is 350 g/mol. The topological polar surface area (TPSA) is 85.0 Å². The SMILES string of the molecule is COc1ccc(CN2C(=O)[C@H](CC(N)=O)SC2=Nc2ccccc2)cc1. The van der Waals surface area contributed by atoms with Gasteiger partial charge in [0.25, 0.3) is 0 Å². The van der Waals surface area contributed by atoms with Gasteiger partial charge in [-0.1, -0.05) is 42.1 Å². The Kier molecular flexibility index (Phi) is 5.58. The Labute approximate surface area is 156 Å². The summed E-state index contributed by atoms with van der Waals surface area (Å²) in [7, 11) is 1.61. The predicted molar refractivity (Wildman–Crippen MR) is 102 cm³/mol. The van der Waals surface area contributed by atoms with Gasteiger partial charge in [-0.3, -0.25) is 14.5 Å². The molecule has 26 heavy (non-hydrogen) atoms. The van der Waals surface area contributed by atoms with Gasteiger partial charge in [-0.15, -0.1) is 0 Å². The van der Waals surface area contributed by atoms with Crippen LogP contribution in [0.4, 0.5) is 5.69 Å². The van der Waals surface area contributed by atoms with Crippen LogP contribution in [0.25, 0.3) is 0 Å². The Morgan fingerprint density at radius 1 is 1.19 bits per heavy atom. The molecule has 0 radical (unpaired) electrons. The van der Waals surface area contributed by atoms with Crippen LogP contribution in [0.5, 0.6) is 5.75 Å². The van der Waals surface area contributed by atoms with Crippen molar-refractivity contribution in [1.82, 2.24) is 4.90 Å². The van der Waals surface area contributed by atoms with Crippen LogP contribution in [0.1, 0.15) is 12.0 Å². The van der Waals surface area contributed by atoms with Gasteiger partial charge in [-0.25, -0.2) is 4.99 Å². The Morgan fingerprint density at radius 2 is 1.88 bits per heavy atom. The van der Waals surface area contributed by atoms with E-state index in [2.05, 4.69) is 4.99 Å². The van der Waals surface area contributed by atoms with Crippen LogP contribution < -0.4 is 10.5 Å². The van der Waals surface area contributed by atoms with Gasteiger partial charge >= 0.3 is 0 Å². The summed E-state index contributed by atoms with van der Waals surface area (Å²) in [5.74, 6) is 0.0983. The molecule has 0 aliphatic carbocycles. The number of primary amides is 1. The summed E-state index contributed by atoms with van der Waals surface area (Å²) in [5, 5.41) is 0.0384. The van der Waals surface area contributed by atoms with Gasteiger partial charge in [-0.2, -0.15) is 0 Å². The third-order valence-corrected chi connectivity index (χ3v) is 5.06. The highest BCUT2D eigenvalue weighted by molar-refractivity contribution is 8.15. The van der Waals surface area contributed by atoms with Crippen molar-refractivity contribution in [3.8, 4) is 5.75 Å². The molecule has 2 amide bonds. The first-order valence-corrected chi connectivity index (χ1v) is 8.98. The second-order valence-electron chi connectivity index (χ2n) is 5.78. The lowest BCUT2D eigenvalue weighted by Gasteiger charge is -2.16. The lowest BCUT2D eigenvalue weighted by molar-refractivity contribution is -0.128. The standard InChI is InChI=1S/C19H19N3O3S/c1-25-15-9-7-13(8-10-15)12-22-18(24)16(11-17(20)23)26-19(22)21-14-5-3-2-4-6-14/h2-10,16H,11-12H2,1H3,(H2,20,23)/t16-/m0/s1. The quantitative estimate of drug-likeness (QED) is 0.848. The fourth-order valence-electron chi connectivity index (χ4n) is 2.58. The predicted octanol–water partition coefficient (Wildman–Crippen LogP) is 2.70. The number of rotatable bonds is 6. The lowest BCUT2D eigenvalue weighted by atomic mass is 10.2. The molecule has 6 nitrogen and oxygen atoms in total. The summed E-state index contributed by atoms with van der Waals surface area (Å²) in [6.07, 6.45) is -0.00355. The smallest absolute Gasteiger partial charge is 0.242 e. The maximum atomic E-state index is 12.8. The molecule has 3 rings (SSSR count). The van der Waals surface area contributed by atoms with Crippen LogP contribution in [-0.2, 0) is 16.1 Å². The summed E-state index contributed by atoms with van der Waals surface area (Å²) < 4.78 is 5.16. The minimum Gasteiger partial charge on any atom is -0.497 e. The fourth-order valence-corrected chi connectivity index (χ4v) is 3.75. The van der Waals surface area contributed by atoms with Crippen molar-refractivity contribution < 1.29 is 14.3 Å². The number of nitrogens with two attached hydrogens (primary N) is 1. The fraction of sp³-hybridized carbons (Fsp3) is 0.211. The van der Waals surface area contributed by atoms with Crippen LogP contribution in [0.3, 0.4) is 0 Å². The number of hydrogen-bond donors (Lipinski definition) is 1. The summed E-state index contributed by atoms with van der Waals surface area (Å²) >= 11 is 1.28. The van der Waals surface area contributed by atoms with Crippen molar-refractivity contribution in [2.24, 2.45) is 10.7 Å². The number of methoxy groups -OCH3 is 1. The molecule has 0 bridgehead atoms. The van der Waals surface area contributed by atoms with E-state index in [1.807, 2.05) is 54.6 Å². The number of aliphatic imine (C=N–C) groups is 1. The van der Waals surface area contributed by atoms with Gasteiger partial charge in [0.1, 0.15) is 11.0 Å². The molecule has 0 spiro atoms. The van der Waals surface area contributed by atoms with Crippen LogP contribution in [0, 0.1) is 0 Å². The first-order valence-electron chi connectivity index (χ1n) is 8.10. The normalized spacial score (nSPS) is 18.3. The molecule has 134 valence electrons. The minimum atomic E-state index is -0.534. The molecule has 2 N–H and O–H groups in total. The molecule has 1 saturated heterocycles. The van der Waals surface area contributed by atoms with Gasteiger partial charge in [0.15, 0.2) is 5.17 Å². The van der Waals surface area contributed by atoms with Gasteiger partial charge in [0.2, 0.25) is 11.8 Å². The summed E-state index contributed by atoms with van der Waals surface area (Å²) in [6.45, 7) is 0.372. The highest BCUT2D eigenvalue weighted by Crippen LogP contribution is 2.32. The van der Waals surface area contributed by atoms with Crippen molar-refractivity contribution in [3.05, 3.63) is 60.2 Å². The van der Waals surface area contributed by atoms with Crippen LogP contribution >= 0.6 is 11.8 Å². The molecule has 2 aromatic rings. The van der Waals surface area contributed by atoms with E-state index < -0.39 is 11.2 Å². The Bertz CT molecular complexity index is 822. The Hall–Kier alpha value is -2.80. The molecule has 2 aromatic carbocycles. The summed E-state index contributed by atoms with van der Waals surface area (Å²) in [5.41, 5.74) is 6.98. The first kappa shape index (κ1) is 18.0. The van der Waals surface area contributed by atoms with Crippen molar-refractivity contribution in [1.29, 1.82) is 0 Å². The molecule has 1 atom stereocenters. The monoisotopic (exact) mass is 369 g/mol. The second-order valence-corrected chi connectivity index (χ2v) is 6.95. The highest BCUT2D eigenvalue weighted by atomic mass is 32.2. The van der Waals surface area contributed by atoms with Gasteiger partial charge in [0.05, 0.1) is 19.3 Å². The zero-order valence-electron chi connectivity index (χ0n) is 14.3.